The van der Waals surface area contributed by atoms with Gasteiger partial charge in [0.15, 0.2) is 5.82 Å². The molecule has 1 atom stereocenters. The van der Waals surface area contributed by atoms with Gasteiger partial charge < -0.3 is 10.6 Å². The van der Waals surface area contributed by atoms with Crippen molar-refractivity contribution in [2.75, 3.05) is 18.4 Å². The zero-order chi connectivity index (χ0) is 15.5. The Morgan fingerprint density at radius 2 is 2.14 bits per heavy atom. The molecule has 5 heteroatoms. The van der Waals surface area contributed by atoms with Gasteiger partial charge in [-0.3, -0.25) is 0 Å². The Morgan fingerprint density at radius 3 is 2.86 bits per heavy atom. The number of anilines is 1. The van der Waals surface area contributed by atoms with E-state index in [1.165, 1.54) is 12.1 Å². The first-order valence-corrected chi connectivity index (χ1v) is 7.72. The zero-order valence-electron chi connectivity index (χ0n) is 13.0. The molecule has 2 aromatic rings. The number of halogens is 1. The summed E-state index contributed by atoms with van der Waals surface area (Å²) in [5.41, 5.74) is 2.67. The third kappa shape index (κ3) is 3.25. The van der Waals surface area contributed by atoms with Crippen LogP contribution < -0.4 is 10.6 Å². The molecule has 1 unspecified atom stereocenters. The molecule has 1 aromatic carbocycles. The molecule has 0 bridgehead atoms. The smallest absolute Gasteiger partial charge is 0.161 e. The molecule has 1 aliphatic heterocycles. The fourth-order valence-corrected chi connectivity index (χ4v) is 2.69. The largest absolute Gasteiger partial charge is 0.366 e. The molecule has 2 heterocycles. The molecule has 1 aromatic heterocycles. The van der Waals surface area contributed by atoms with E-state index in [0.29, 0.717) is 17.4 Å². The highest BCUT2D eigenvalue weighted by Gasteiger charge is 2.16. The molecule has 0 amide bonds. The first-order chi connectivity index (χ1) is 10.6. The van der Waals surface area contributed by atoms with Gasteiger partial charge in [0.25, 0.3) is 0 Å². The quantitative estimate of drug-likeness (QED) is 0.914. The van der Waals surface area contributed by atoms with Gasteiger partial charge in [0.2, 0.25) is 0 Å². The van der Waals surface area contributed by atoms with Crippen LogP contribution in [0.15, 0.2) is 24.3 Å². The van der Waals surface area contributed by atoms with Crippen molar-refractivity contribution < 1.29 is 4.39 Å². The molecular weight excluding hydrogens is 279 g/mol. The van der Waals surface area contributed by atoms with E-state index in [1.54, 1.807) is 6.07 Å². The first-order valence-electron chi connectivity index (χ1n) is 7.72. The molecule has 1 fully saturated rings. The Kier molecular flexibility index (Phi) is 4.34. The molecular formula is C17H21FN4. The van der Waals surface area contributed by atoms with Gasteiger partial charge in [0, 0.05) is 29.4 Å². The van der Waals surface area contributed by atoms with E-state index in [9.17, 15) is 4.39 Å². The minimum absolute atomic E-state index is 0.273. The van der Waals surface area contributed by atoms with E-state index in [-0.39, 0.29) is 5.82 Å². The van der Waals surface area contributed by atoms with Crippen molar-refractivity contribution >= 4 is 5.82 Å². The van der Waals surface area contributed by atoms with Crippen molar-refractivity contribution in [1.29, 1.82) is 0 Å². The van der Waals surface area contributed by atoms with Gasteiger partial charge in [-0.25, -0.2) is 14.4 Å². The molecule has 116 valence electrons. The molecule has 2 N–H and O–H groups in total. The second-order valence-electron chi connectivity index (χ2n) is 5.80. The average Bonchev–Trinajstić information content (AvgIpc) is 2.52. The van der Waals surface area contributed by atoms with Crippen molar-refractivity contribution in [3.05, 3.63) is 41.3 Å². The molecule has 3 rings (SSSR count). The van der Waals surface area contributed by atoms with Gasteiger partial charge in [-0.2, -0.15) is 0 Å². The van der Waals surface area contributed by atoms with E-state index in [0.717, 1.165) is 43.0 Å². The van der Waals surface area contributed by atoms with Crippen LogP contribution in [0.4, 0.5) is 10.2 Å². The predicted octanol–water partition coefficient (Wildman–Crippen LogP) is 3.06. The van der Waals surface area contributed by atoms with E-state index < -0.39 is 0 Å². The van der Waals surface area contributed by atoms with Gasteiger partial charge in [-0.1, -0.05) is 12.1 Å². The summed E-state index contributed by atoms with van der Waals surface area (Å²) >= 11 is 0. The lowest BCUT2D eigenvalue weighted by Crippen LogP contribution is -2.38. The van der Waals surface area contributed by atoms with Gasteiger partial charge in [0.05, 0.1) is 0 Å². The summed E-state index contributed by atoms with van der Waals surface area (Å²) in [5.74, 6) is 1.14. The van der Waals surface area contributed by atoms with Crippen molar-refractivity contribution in [3.63, 3.8) is 0 Å². The Hall–Kier alpha value is -2.01. The highest BCUT2D eigenvalue weighted by atomic mass is 19.1. The molecule has 0 spiro atoms. The highest BCUT2D eigenvalue weighted by molar-refractivity contribution is 5.59. The Labute approximate surface area is 130 Å². The van der Waals surface area contributed by atoms with Crippen LogP contribution >= 0.6 is 0 Å². The number of benzene rings is 1. The van der Waals surface area contributed by atoms with Crippen LogP contribution in [0.2, 0.25) is 0 Å². The van der Waals surface area contributed by atoms with Crippen LogP contribution in [0.3, 0.4) is 0 Å². The second-order valence-corrected chi connectivity index (χ2v) is 5.80. The van der Waals surface area contributed by atoms with Crippen LogP contribution in [0.1, 0.15) is 24.1 Å². The van der Waals surface area contributed by atoms with Gasteiger partial charge in [-0.15, -0.1) is 0 Å². The molecule has 1 aliphatic rings. The maximum Gasteiger partial charge on any atom is 0.161 e. The maximum atomic E-state index is 13.4. The topological polar surface area (TPSA) is 49.8 Å². The lowest BCUT2D eigenvalue weighted by Gasteiger charge is -2.25. The van der Waals surface area contributed by atoms with E-state index >= 15 is 0 Å². The number of hydrogen-bond donors (Lipinski definition) is 2. The Balaban J connectivity index is 1.92. The van der Waals surface area contributed by atoms with Crippen molar-refractivity contribution in [2.24, 2.45) is 0 Å². The van der Waals surface area contributed by atoms with Crippen LogP contribution in [-0.2, 0) is 0 Å². The highest BCUT2D eigenvalue weighted by Crippen LogP contribution is 2.23. The number of piperidine rings is 1. The number of nitrogens with zero attached hydrogens (tertiary/aromatic N) is 2. The lowest BCUT2D eigenvalue weighted by molar-refractivity contribution is 0.478. The van der Waals surface area contributed by atoms with Crippen molar-refractivity contribution in [1.82, 2.24) is 15.3 Å². The van der Waals surface area contributed by atoms with E-state index in [4.69, 9.17) is 0 Å². The summed E-state index contributed by atoms with van der Waals surface area (Å²) in [6, 6.07) is 6.79. The van der Waals surface area contributed by atoms with Crippen LogP contribution in [-0.4, -0.2) is 29.1 Å². The molecule has 22 heavy (non-hydrogen) atoms. The van der Waals surface area contributed by atoms with Gasteiger partial charge >= 0.3 is 0 Å². The number of aromatic nitrogens is 2. The summed E-state index contributed by atoms with van der Waals surface area (Å²) in [4.78, 5) is 9.13. The fraction of sp³-hybridized carbons (Fsp3) is 0.412. The normalized spacial score (nSPS) is 18.2. The zero-order valence-corrected chi connectivity index (χ0v) is 13.0. The fourth-order valence-electron chi connectivity index (χ4n) is 2.69. The van der Waals surface area contributed by atoms with E-state index in [2.05, 4.69) is 20.6 Å². The third-order valence-corrected chi connectivity index (χ3v) is 4.11. The molecule has 1 saturated heterocycles. The van der Waals surface area contributed by atoms with E-state index in [1.807, 2.05) is 19.9 Å². The second kappa shape index (κ2) is 6.40. The third-order valence-electron chi connectivity index (χ3n) is 4.11. The molecule has 4 nitrogen and oxygen atoms in total. The summed E-state index contributed by atoms with van der Waals surface area (Å²) in [7, 11) is 0. The average molecular weight is 300 g/mol. The first kappa shape index (κ1) is 14.9. The minimum Gasteiger partial charge on any atom is -0.366 e. The Bertz CT molecular complexity index is 666. The molecule has 0 aliphatic carbocycles. The van der Waals surface area contributed by atoms with Crippen LogP contribution in [0.25, 0.3) is 11.4 Å². The van der Waals surface area contributed by atoms with Gasteiger partial charge in [0.1, 0.15) is 11.6 Å². The minimum atomic E-state index is -0.273. The number of aryl methyl sites for hydroxylation is 1. The Morgan fingerprint density at radius 1 is 1.27 bits per heavy atom. The summed E-state index contributed by atoms with van der Waals surface area (Å²) in [6.45, 7) is 6.00. The molecule has 0 radical (unpaired) electrons. The summed E-state index contributed by atoms with van der Waals surface area (Å²) in [5, 5.41) is 6.89. The molecule has 0 saturated carbocycles. The van der Waals surface area contributed by atoms with Crippen LogP contribution in [0.5, 0.6) is 0 Å². The number of hydrogen-bond acceptors (Lipinski definition) is 4. The monoisotopic (exact) mass is 300 g/mol. The lowest BCUT2D eigenvalue weighted by atomic mass is 10.1. The van der Waals surface area contributed by atoms with Crippen molar-refractivity contribution in [2.45, 2.75) is 32.7 Å². The summed E-state index contributed by atoms with van der Waals surface area (Å²) in [6.07, 6.45) is 2.29. The standard InChI is InChI=1S/C17H21FN4/c1-11-12(2)20-17(13-5-3-6-14(18)9-13)22-16(11)21-15-7-4-8-19-10-15/h3,5-6,9,15,19H,4,7-8,10H2,1-2H3,(H,20,21,22). The number of nitrogens with one attached hydrogen (secondary N) is 2. The van der Waals surface area contributed by atoms with Gasteiger partial charge in [-0.05, 0) is 45.4 Å². The SMILES string of the molecule is Cc1nc(-c2cccc(F)c2)nc(NC2CCCNC2)c1C. The van der Waals surface area contributed by atoms with Crippen molar-refractivity contribution in [3.8, 4) is 11.4 Å². The predicted molar refractivity (Wildman–Crippen MR) is 86.4 cm³/mol. The van der Waals surface area contributed by atoms with Crippen LogP contribution in [0, 0.1) is 19.7 Å². The summed E-state index contributed by atoms with van der Waals surface area (Å²) < 4.78 is 13.4. The number of rotatable bonds is 3. The maximum absolute atomic E-state index is 13.4.